The lowest BCUT2D eigenvalue weighted by Crippen LogP contribution is -2.30. The van der Waals surface area contributed by atoms with Gasteiger partial charge >= 0.3 is 39.5 Å². The normalized spacial score (nSPS) is 14.4. The van der Waals surface area contributed by atoms with Gasteiger partial charge in [-0.1, -0.05) is 278 Å². The lowest BCUT2D eigenvalue weighted by Gasteiger charge is -2.21. The summed E-state index contributed by atoms with van der Waals surface area (Å²) in [5.41, 5.74) is 0. The quantitative estimate of drug-likeness (QED) is 0.0169. The van der Waals surface area contributed by atoms with Crippen LogP contribution >= 0.6 is 15.6 Å². The first kappa shape index (κ1) is 99.7. The van der Waals surface area contributed by atoms with E-state index in [1.54, 1.807) is 0 Å². The molecule has 19 heteroatoms. The maximum Gasteiger partial charge on any atom is 0.472 e. The van der Waals surface area contributed by atoms with Gasteiger partial charge in [0.05, 0.1) is 26.4 Å². The lowest BCUT2D eigenvalue weighted by molar-refractivity contribution is -0.161. The van der Waals surface area contributed by atoms with E-state index in [1.807, 2.05) is 0 Å². The highest BCUT2D eigenvalue weighted by Gasteiger charge is 2.30. The summed E-state index contributed by atoms with van der Waals surface area (Å²) in [5.74, 6) is -2.23. The van der Waals surface area contributed by atoms with Gasteiger partial charge in [-0.3, -0.25) is 37.3 Å². The summed E-state index contributed by atoms with van der Waals surface area (Å²) in [4.78, 5) is 73.1. The molecule has 0 heterocycles. The van der Waals surface area contributed by atoms with Crippen molar-refractivity contribution in [1.82, 2.24) is 0 Å². The zero-order valence-corrected chi connectivity index (χ0v) is 67.5. The Kier molecular flexibility index (Phi) is 73.7. The van der Waals surface area contributed by atoms with Gasteiger partial charge in [0.25, 0.3) is 0 Å². The molecule has 3 N–H and O–H groups in total. The fourth-order valence-corrected chi connectivity index (χ4v) is 12.5. The predicted molar refractivity (Wildman–Crippen MR) is 427 cm³/mol. The summed E-state index contributed by atoms with van der Waals surface area (Å²) in [7, 11) is -9.98. The molecule has 0 rings (SSSR count). The number of hydrogen-bond donors (Lipinski definition) is 3. The van der Waals surface area contributed by atoms with Crippen molar-refractivity contribution in [3.63, 3.8) is 0 Å². The largest absolute Gasteiger partial charge is 0.472 e. The molecule has 5 atom stereocenters. The SMILES string of the molecule is CC/C=C\C/C=C\C/C=C\C/C=C\C/C=C\CCCCCC(=O)O[C@H](COC(=O)CCCCCCC/C=C\CCCCCCCC)COP(=O)(O)OC[C@@H](O)COP(=O)(O)OC[C@@H](COC(=O)CCCCCCC/C=C\CCCCCCCC)OC(=O)CCCCCCC/C=C\C/C=C\CCCCC. The van der Waals surface area contributed by atoms with Crippen molar-refractivity contribution in [1.29, 1.82) is 0 Å². The molecule has 2 unspecified atom stereocenters. The van der Waals surface area contributed by atoms with Crippen LogP contribution < -0.4 is 0 Å². The Morgan fingerprint density at radius 3 is 0.808 bits per heavy atom. The Balaban J connectivity index is 5.42. The van der Waals surface area contributed by atoms with Gasteiger partial charge in [0.1, 0.15) is 19.3 Å². The summed E-state index contributed by atoms with van der Waals surface area (Å²) in [6.45, 7) is 4.69. The van der Waals surface area contributed by atoms with E-state index in [2.05, 4.69) is 137 Å². The van der Waals surface area contributed by atoms with Crippen LogP contribution in [0.3, 0.4) is 0 Å². The molecule has 600 valence electrons. The molecule has 0 saturated carbocycles. The topological polar surface area (TPSA) is 237 Å². The number of hydrogen-bond acceptors (Lipinski definition) is 15. The van der Waals surface area contributed by atoms with Crippen molar-refractivity contribution >= 4 is 39.5 Å². The smallest absolute Gasteiger partial charge is 0.462 e. The summed E-state index contributed by atoms with van der Waals surface area (Å²) < 4.78 is 68.6. The Labute approximate surface area is 632 Å². The van der Waals surface area contributed by atoms with Gasteiger partial charge in [0, 0.05) is 25.7 Å². The van der Waals surface area contributed by atoms with Gasteiger partial charge < -0.3 is 33.8 Å². The van der Waals surface area contributed by atoms with E-state index in [0.717, 1.165) is 173 Å². The molecule has 104 heavy (non-hydrogen) atoms. The second-order valence-electron chi connectivity index (χ2n) is 27.3. The van der Waals surface area contributed by atoms with Crippen LogP contribution in [0.1, 0.15) is 349 Å². The number of unbranched alkanes of at least 4 members (excludes halogenated alkanes) is 33. The Morgan fingerprint density at radius 2 is 0.500 bits per heavy atom. The van der Waals surface area contributed by atoms with Gasteiger partial charge in [-0.15, -0.1) is 0 Å². The number of ether oxygens (including phenoxy) is 4. The number of phosphoric ester groups is 2. The highest BCUT2D eigenvalue weighted by atomic mass is 31.2. The van der Waals surface area contributed by atoms with Crippen molar-refractivity contribution in [3.8, 4) is 0 Å². The third-order valence-electron chi connectivity index (χ3n) is 17.2. The van der Waals surface area contributed by atoms with Gasteiger partial charge in [0.15, 0.2) is 12.2 Å². The number of rotatable bonds is 77. The molecule has 0 aliphatic carbocycles. The minimum absolute atomic E-state index is 0.0530. The van der Waals surface area contributed by atoms with Crippen molar-refractivity contribution in [3.05, 3.63) is 109 Å². The van der Waals surface area contributed by atoms with Crippen LogP contribution in [0.15, 0.2) is 109 Å². The van der Waals surface area contributed by atoms with E-state index in [0.29, 0.717) is 25.7 Å². The lowest BCUT2D eigenvalue weighted by atomic mass is 10.1. The fourth-order valence-electron chi connectivity index (χ4n) is 10.9. The van der Waals surface area contributed by atoms with E-state index < -0.39 is 97.5 Å². The van der Waals surface area contributed by atoms with E-state index in [4.69, 9.17) is 37.0 Å². The Hall–Kier alpha value is -4.28. The van der Waals surface area contributed by atoms with Crippen LogP contribution in [0.2, 0.25) is 0 Å². The molecule has 0 aromatic heterocycles. The van der Waals surface area contributed by atoms with Crippen LogP contribution in [0.4, 0.5) is 0 Å². The van der Waals surface area contributed by atoms with E-state index in [1.165, 1.54) is 96.3 Å². The monoisotopic (exact) mass is 1500 g/mol. The Morgan fingerprint density at radius 1 is 0.279 bits per heavy atom. The van der Waals surface area contributed by atoms with Crippen LogP contribution in [0.25, 0.3) is 0 Å². The number of allylic oxidation sites excluding steroid dienone is 18. The number of carbonyl (C=O) groups is 4. The second kappa shape index (κ2) is 76.9. The number of phosphoric acid groups is 2. The van der Waals surface area contributed by atoms with Crippen molar-refractivity contribution in [2.75, 3.05) is 39.6 Å². The molecule has 0 aromatic rings. The molecular weight excluding hydrogens is 1350 g/mol. The van der Waals surface area contributed by atoms with Crippen LogP contribution in [0, 0.1) is 0 Å². The van der Waals surface area contributed by atoms with Gasteiger partial charge in [-0.2, -0.15) is 0 Å². The van der Waals surface area contributed by atoms with Gasteiger partial charge in [-0.05, 0) is 154 Å². The van der Waals surface area contributed by atoms with E-state index in [9.17, 15) is 43.2 Å². The molecule has 0 aliphatic rings. The van der Waals surface area contributed by atoms with Crippen LogP contribution in [-0.2, 0) is 65.4 Å². The number of aliphatic hydroxyl groups excluding tert-OH is 1. The maximum atomic E-state index is 13.1. The van der Waals surface area contributed by atoms with Crippen molar-refractivity contribution in [2.24, 2.45) is 0 Å². The standard InChI is InChI=1S/C85H148O17P2/c1-5-9-13-17-21-25-29-33-37-38-39-40-44-48-52-56-60-64-68-72-85(90)102-81(76-96-83(88)70-66-62-58-54-50-46-42-35-31-27-23-19-15-11-7-3)78-100-104(93,94)98-74-79(86)73-97-103(91,92)99-77-80(101-84(89)71-67-63-59-55-51-47-43-36-32-28-24-20-16-12-8-4)75-95-82(87)69-65-61-57-53-49-45-41-34-30-26-22-18-14-10-6-2/h9,13,21,24-25,28,33-37,39-43,48,52,79-81,86H,5-8,10-12,14-20,22-23,26-27,29-32,38,44-47,49-51,53-78H2,1-4H3,(H,91,92)(H,93,94)/b13-9-,25-21-,28-24-,37-33-,40-39-,41-34-,42-35-,43-36-,52-48-/t79-,80+,81+/m0/s1. The van der Waals surface area contributed by atoms with Crippen molar-refractivity contribution in [2.45, 2.75) is 367 Å². The predicted octanol–water partition coefficient (Wildman–Crippen LogP) is 24.1. The minimum atomic E-state index is -4.99. The number of aliphatic hydroxyl groups is 1. The molecule has 17 nitrogen and oxygen atoms in total. The Bertz CT molecular complexity index is 2390. The molecule has 0 saturated heterocycles. The van der Waals surface area contributed by atoms with E-state index >= 15 is 0 Å². The summed E-state index contributed by atoms with van der Waals surface area (Å²) in [6, 6.07) is 0. The fraction of sp³-hybridized carbons (Fsp3) is 0.741. The number of carbonyl (C=O) groups excluding carboxylic acids is 4. The maximum absolute atomic E-state index is 13.1. The minimum Gasteiger partial charge on any atom is -0.462 e. The molecule has 0 amide bonds. The highest BCUT2D eigenvalue weighted by molar-refractivity contribution is 7.47. The summed E-state index contributed by atoms with van der Waals surface area (Å²) >= 11 is 0. The van der Waals surface area contributed by atoms with Crippen molar-refractivity contribution < 1.29 is 80.2 Å². The third-order valence-corrected chi connectivity index (χ3v) is 19.1. The summed E-state index contributed by atoms with van der Waals surface area (Å²) in [5, 5.41) is 10.7. The average Bonchev–Trinajstić information content (AvgIpc) is 0.943. The van der Waals surface area contributed by atoms with E-state index in [-0.39, 0.29) is 25.7 Å². The van der Waals surface area contributed by atoms with Crippen LogP contribution in [-0.4, -0.2) is 96.7 Å². The number of esters is 4. The summed E-state index contributed by atoms with van der Waals surface area (Å²) in [6.07, 6.45) is 83.4. The zero-order chi connectivity index (χ0) is 76.0. The molecular formula is C85H148O17P2. The van der Waals surface area contributed by atoms with Gasteiger partial charge in [0.2, 0.25) is 0 Å². The molecule has 0 aromatic carbocycles. The zero-order valence-electron chi connectivity index (χ0n) is 65.7. The third kappa shape index (κ3) is 75.9. The first-order valence-corrected chi connectivity index (χ1v) is 44.1. The van der Waals surface area contributed by atoms with Crippen LogP contribution in [0.5, 0.6) is 0 Å². The molecule has 0 radical (unpaired) electrons. The average molecular weight is 1500 g/mol. The second-order valence-corrected chi connectivity index (χ2v) is 30.2. The molecule has 0 aliphatic heterocycles. The molecule has 0 bridgehead atoms. The first-order valence-electron chi connectivity index (χ1n) is 41.1. The molecule has 0 spiro atoms. The highest BCUT2D eigenvalue weighted by Crippen LogP contribution is 2.45. The molecule has 0 fully saturated rings. The first-order chi connectivity index (χ1) is 50.7. The van der Waals surface area contributed by atoms with Gasteiger partial charge in [-0.25, -0.2) is 9.13 Å².